The van der Waals surface area contributed by atoms with Gasteiger partial charge in [-0.25, -0.2) is 0 Å². The molecule has 1 aliphatic heterocycles. The van der Waals surface area contributed by atoms with Gasteiger partial charge in [0.05, 0.1) is 11.9 Å². The van der Waals surface area contributed by atoms with E-state index in [2.05, 4.69) is 11.9 Å². The number of likely N-dealkylation sites (N-methyl/N-ethyl adjacent to an activating group) is 1. The van der Waals surface area contributed by atoms with Crippen molar-refractivity contribution < 1.29 is 5.11 Å². The smallest absolute Gasteiger partial charge is 0.125 e. The molecule has 2 rings (SSSR count). The maximum absolute atomic E-state index is 10.0. The van der Waals surface area contributed by atoms with Crippen LogP contribution < -0.4 is 0 Å². The second kappa shape index (κ2) is 6.68. The first-order chi connectivity index (χ1) is 9.11. The van der Waals surface area contributed by atoms with Crippen LogP contribution in [-0.4, -0.2) is 52.6 Å². The molecule has 1 unspecified atom stereocenters. The first kappa shape index (κ1) is 14.8. The largest absolute Gasteiger partial charge is 0.507 e. The summed E-state index contributed by atoms with van der Waals surface area (Å²) in [6, 6.07) is 5.75. The molecule has 1 aromatic carbocycles. The van der Waals surface area contributed by atoms with Gasteiger partial charge in [0.2, 0.25) is 0 Å². The normalized spacial score (nSPS) is 21.0. The lowest BCUT2D eigenvalue weighted by Crippen LogP contribution is -2.26. The third-order valence-electron chi connectivity index (χ3n) is 3.21. The fraction of sp³-hybridized carbons (Fsp3) is 0.500. The molecule has 0 saturated carbocycles. The summed E-state index contributed by atoms with van der Waals surface area (Å²) in [5, 5.41) is 11.4. The van der Waals surface area contributed by atoms with E-state index in [9.17, 15) is 5.11 Å². The van der Waals surface area contributed by atoms with E-state index >= 15 is 0 Å². The highest BCUT2D eigenvalue weighted by Crippen LogP contribution is 2.25. The van der Waals surface area contributed by atoms with Gasteiger partial charge in [-0.15, -0.1) is 23.5 Å². The molecule has 0 bridgehead atoms. The van der Waals surface area contributed by atoms with Crippen LogP contribution in [0.25, 0.3) is 0 Å². The molecule has 1 N–H and O–H groups in total. The molecule has 1 aromatic rings. The van der Waals surface area contributed by atoms with E-state index in [1.54, 1.807) is 17.8 Å². The predicted octanol–water partition coefficient (Wildman–Crippen LogP) is 2.81. The van der Waals surface area contributed by atoms with E-state index in [4.69, 9.17) is 4.99 Å². The molecule has 0 radical (unpaired) electrons. The summed E-state index contributed by atoms with van der Waals surface area (Å²) in [4.78, 5) is 7.03. The van der Waals surface area contributed by atoms with Crippen molar-refractivity contribution >= 4 is 28.6 Å². The zero-order chi connectivity index (χ0) is 13.8. The monoisotopic (exact) mass is 296 g/mol. The molecule has 5 heteroatoms. The molecule has 19 heavy (non-hydrogen) atoms. The summed E-state index contributed by atoms with van der Waals surface area (Å²) in [5.41, 5.74) is 1.90. The molecule has 0 amide bonds. The van der Waals surface area contributed by atoms with E-state index in [1.807, 2.05) is 37.1 Å². The summed E-state index contributed by atoms with van der Waals surface area (Å²) in [5.74, 6) is 1.50. The number of thioether (sulfide) groups is 2. The second-order valence-corrected chi connectivity index (χ2v) is 6.76. The highest BCUT2D eigenvalue weighted by molar-refractivity contribution is 8.13. The lowest BCUT2D eigenvalue weighted by atomic mass is 10.1. The van der Waals surface area contributed by atoms with Crippen molar-refractivity contribution in [1.82, 2.24) is 4.90 Å². The van der Waals surface area contributed by atoms with Crippen molar-refractivity contribution in [3.05, 3.63) is 29.3 Å². The van der Waals surface area contributed by atoms with Gasteiger partial charge in [-0.3, -0.25) is 9.89 Å². The van der Waals surface area contributed by atoms with Crippen molar-refractivity contribution in [2.24, 2.45) is 4.99 Å². The number of nitrogens with zero attached hydrogens (tertiary/aromatic N) is 2. The summed E-state index contributed by atoms with van der Waals surface area (Å²) in [6.07, 6.45) is 2.00. The van der Waals surface area contributed by atoms with Crippen LogP contribution in [0.4, 0.5) is 0 Å². The molecule has 0 aromatic heterocycles. The Labute approximate surface area is 123 Å². The first-order valence-electron chi connectivity index (χ1n) is 6.32. The number of phenolic OH excluding ortho intramolecular Hbond substituents is 1. The minimum absolute atomic E-state index is 0.320. The SMILES string of the molecule is CSC(=NCC1SCCN1C)c1ccc(C)cc1O. The Bertz CT molecular complexity index is 477. The zero-order valence-electron chi connectivity index (χ0n) is 11.6. The number of rotatable bonds is 3. The van der Waals surface area contributed by atoms with Crippen molar-refractivity contribution in [3.8, 4) is 5.75 Å². The molecule has 1 fully saturated rings. The topological polar surface area (TPSA) is 35.8 Å². The van der Waals surface area contributed by atoms with E-state index in [0.29, 0.717) is 11.1 Å². The Morgan fingerprint density at radius 3 is 2.95 bits per heavy atom. The maximum Gasteiger partial charge on any atom is 0.125 e. The van der Waals surface area contributed by atoms with E-state index in [1.165, 1.54) is 5.75 Å². The van der Waals surface area contributed by atoms with Gasteiger partial charge in [-0.2, -0.15) is 0 Å². The Morgan fingerprint density at radius 2 is 2.37 bits per heavy atom. The van der Waals surface area contributed by atoms with Crippen LogP contribution in [0.15, 0.2) is 23.2 Å². The molecule has 1 aliphatic rings. The van der Waals surface area contributed by atoms with Gasteiger partial charge in [-0.05, 0) is 37.9 Å². The Morgan fingerprint density at radius 1 is 1.58 bits per heavy atom. The zero-order valence-corrected chi connectivity index (χ0v) is 13.2. The summed E-state index contributed by atoms with van der Waals surface area (Å²) in [6.45, 7) is 3.89. The minimum Gasteiger partial charge on any atom is -0.507 e. The fourth-order valence-corrected chi connectivity index (χ4v) is 3.84. The van der Waals surface area contributed by atoms with Gasteiger partial charge in [-0.1, -0.05) is 6.07 Å². The maximum atomic E-state index is 10.0. The number of aromatic hydroxyl groups is 1. The molecule has 1 saturated heterocycles. The van der Waals surface area contributed by atoms with Gasteiger partial charge in [0.15, 0.2) is 0 Å². The number of benzene rings is 1. The van der Waals surface area contributed by atoms with Crippen LogP contribution in [0.5, 0.6) is 5.75 Å². The van der Waals surface area contributed by atoms with Crippen LogP contribution in [0.2, 0.25) is 0 Å². The second-order valence-electron chi connectivity index (χ2n) is 4.68. The average molecular weight is 296 g/mol. The number of hydrogen-bond acceptors (Lipinski definition) is 5. The lowest BCUT2D eigenvalue weighted by molar-refractivity contribution is 0.357. The van der Waals surface area contributed by atoms with Crippen LogP contribution in [0.3, 0.4) is 0 Å². The van der Waals surface area contributed by atoms with Gasteiger partial charge < -0.3 is 5.11 Å². The summed E-state index contributed by atoms with van der Waals surface area (Å²) >= 11 is 3.54. The molecule has 0 spiro atoms. The predicted molar refractivity (Wildman–Crippen MR) is 86.6 cm³/mol. The Hall–Kier alpha value is -0.650. The van der Waals surface area contributed by atoms with Gasteiger partial charge in [0.25, 0.3) is 0 Å². The van der Waals surface area contributed by atoms with Crippen LogP contribution in [0.1, 0.15) is 11.1 Å². The lowest BCUT2D eigenvalue weighted by Gasteiger charge is -2.16. The number of phenols is 1. The highest BCUT2D eigenvalue weighted by Gasteiger charge is 2.21. The Balaban J connectivity index is 2.14. The number of aryl methyl sites for hydroxylation is 1. The molecular formula is C14H20N2OS2. The summed E-state index contributed by atoms with van der Waals surface area (Å²) in [7, 11) is 2.14. The number of aliphatic imine (C=N–C) groups is 1. The fourth-order valence-electron chi connectivity index (χ4n) is 2.04. The molecular weight excluding hydrogens is 276 g/mol. The van der Waals surface area contributed by atoms with Crippen LogP contribution in [0, 0.1) is 6.92 Å². The van der Waals surface area contributed by atoms with E-state index < -0.39 is 0 Å². The molecule has 1 atom stereocenters. The van der Waals surface area contributed by atoms with Crippen molar-refractivity contribution in [2.75, 3.05) is 32.1 Å². The van der Waals surface area contributed by atoms with Crippen molar-refractivity contribution in [3.63, 3.8) is 0 Å². The molecule has 104 valence electrons. The van der Waals surface area contributed by atoms with Gasteiger partial charge >= 0.3 is 0 Å². The third-order valence-corrected chi connectivity index (χ3v) is 5.26. The number of hydrogen-bond donors (Lipinski definition) is 1. The van der Waals surface area contributed by atoms with Crippen molar-refractivity contribution in [1.29, 1.82) is 0 Å². The van der Waals surface area contributed by atoms with Crippen LogP contribution >= 0.6 is 23.5 Å². The van der Waals surface area contributed by atoms with Gasteiger partial charge in [0, 0.05) is 17.9 Å². The standard InChI is InChI=1S/C14H20N2OS2/c1-10-4-5-11(12(17)8-10)14(18-3)15-9-13-16(2)6-7-19-13/h4-5,8,13,17H,6-7,9H2,1-3H3. The Kier molecular flexibility index (Phi) is 5.19. The summed E-state index contributed by atoms with van der Waals surface area (Å²) < 4.78 is 0. The third kappa shape index (κ3) is 3.68. The van der Waals surface area contributed by atoms with E-state index in [-0.39, 0.29) is 0 Å². The minimum atomic E-state index is 0.320. The van der Waals surface area contributed by atoms with Gasteiger partial charge in [0.1, 0.15) is 10.8 Å². The van der Waals surface area contributed by atoms with Crippen molar-refractivity contribution in [2.45, 2.75) is 12.3 Å². The molecule has 3 nitrogen and oxygen atoms in total. The quantitative estimate of drug-likeness (QED) is 0.687. The van der Waals surface area contributed by atoms with Crippen LogP contribution in [-0.2, 0) is 0 Å². The highest BCUT2D eigenvalue weighted by atomic mass is 32.2. The first-order valence-corrected chi connectivity index (χ1v) is 8.59. The van der Waals surface area contributed by atoms with E-state index in [0.717, 1.165) is 29.3 Å². The molecule has 1 heterocycles. The average Bonchev–Trinajstić information content (AvgIpc) is 2.78. The molecule has 0 aliphatic carbocycles.